The zero-order chi connectivity index (χ0) is 32.5. The monoisotopic (exact) mass is 631 g/mol. The molecule has 0 aliphatic heterocycles. The lowest BCUT2D eigenvalue weighted by Gasteiger charge is -2.11. The van der Waals surface area contributed by atoms with Crippen molar-refractivity contribution in [1.82, 2.24) is 15.0 Å². The summed E-state index contributed by atoms with van der Waals surface area (Å²) in [5.74, 6) is 3.32. The van der Waals surface area contributed by atoms with Crippen LogP contribution in [0, 0.1) is 5.92 Å². The predicted molar refractivity (Wildman–Crippen MR) is 198 cm³/mol. The standard InChI is InChI=1S/C44H29N3O2/c1-26-16-20-34-35-21-19-32(25-40(35)49-39(34)22-26)44-46-42(45-43(47-44)31-18-17-27-8-2-3-9-28(27)23-31)30-11-6-10-29(24-30)33-13-7-15-38-41(33)36-12-4-5-14-37(36)48-38/h2-21,23-26H,22H2,1H3. The van der Waals surface area contributed by atoms with E-state index in [0.717, 1.165) is 78.3 Å². The zero-order valence-corrected chi connectivity index (χ0v) is 26.7. The topological polar surface area (TPSA) is 65.0 Å². The van der Waals surface area contributed by atoms with E-state index >= 15 is 0 Å². The first kappa shape index (κ1) is 27.8. The molecule has 0 saturated heterocycles. The number of aromatic nitrogens is 3. The number of para-hydroxylation sites is 1. The van der Waals surface area contributed by atoms with E-state index in [2.05, 4.69) is 122 Å². The molecule has 232 valence electrons. The van der Waals surface area contributed by atoms with Gasteiger partial charge in [0.1, 0.15) is 22.5 Å². The van der Waals surface area contributed by atoms with Gasteiger partial charge in [0.25, 0.3) is 0 Å². The molecule has 0 bridgehead atoms. The Hall–Kier alpha value is -6.33. The van der Waals surface area contributed by atoms with Gasteiger partial charge in [0.05, 0.1) is 0 Å². The first-order valence-corrected chi connectivity index (χ1v) is 16.6. The quantitative estimate of drug-likeness (QED) is 0.193. The van der Waals surface area contributed by atoms with Crippen molar-refractivity contribution < 1.29 is 8.83 Å². The Morgan fingerprint density at radius 3 is 2.10 bits per heavy atom. The SMILES string of the molecule is CC1C=Cc2c(oc3cc(-c4nc(-c5cccc(-c6cccc7oc8ccccc8c67)c5)nc(-c5ccc6ccccc6c5)n4)ccc23)C1. The van der Waals surface area contributed by atoms with Gasteiger partial charge < -0.3 is 8.83 Å². The molecular weight excluding hydrogens is 603 g/mol. The van der Waals surface area contributed by atoms with Gasteiger partial charge in [-0.25, -0.2) is 15.0 Å². The number of hydrogen-bond acceptors (Lipinski definition) is 5. The minimum absolute atomic E-state index is 0.457. The smallest absolute Gasteiger partial charge is 0.164 e. The molecule has 0 radical (unpaired) electrons. The maximum absolute atomic E-state index is 6.39. The number of furan rings is 2. The van der Waals surface area contributed by atoms with Crippen LogP contribution < -0.4 is 0 Å². The molecule has 3 aromatic heterocycles. The van der Waals surface area contributed by atoms with Crippen molar-refractivity contribution in [2.75, 3.05) is 0 Å². The molecule has 5 nitrogen and oxygen atoms in total. The average Bonchev–Trinajstić information content (AvgIpc) is 3.72. The van der Waals surface area contributed by atoms with Crippen molar-refractivity contribution >= 4 is 49.8 Å². The zero-order valence-electron chi connectivity index (χ0n) is 26.7. The molecule has 5 heteroatoms. The molecule has 1 aliphatic rings. The maximum atomic E-state index is 6.39. The first-order chi connectivity index (χ1) is 24.1. The van der Waals surface area contributed by atoms with Gasteiger partial charge in [-0.1, -0.05) is 110 Å². The minimum Gasteiger partial charge on any atom is -0.460 e. The van der Waals surface area contributed by atoms with Gasteiger partial charge in [0, 0.05) is 44.8 Å². The Morgan fingerprint density at radius 1 is 0.531 bits per heavy atom. The van der Waals surface area contributed by atoms with Gasteiger partial charge in [0.2, 0.25) is 0 Å². The summed E-state index contributed by atoms with van der Waals surface area (Å²) in [7, 11) is 0. The third-order valence-corrected chi connectivity index (χ3v) is 9.64. The van der Waals surface area contributed by atoms with Crippen LogP contribution in [-0.2, 0) is 6.42 Å². The summed E-state index contributed by atoms with van der Waals surface area (Å²) in [4.78, 5) is 15.3. The molecular formula is C44H29N3O2. The minimum atomic E-state index is 0.457. The van der Waals surface area contributed by atoms with E-state index in [1.807, 2.05) is 24.3 Å². The normalized spacial score (nSPS) is 14.3. The Morgan fingerprint density at radius 2 is 1.22 bits per heavy atom. The Balaban J connectivity index is 1.15. The fourth-order valence-electron chi connectivity index (χ4n) is 7.19. The van der Waals surface area contributed by atoms with Gasteiger partial charge in [0.15, 0.2) is 17.5 Å². The average molecular weight is 632 g/mol. The van der Waals surface area contributed by atoms with E-state index in [4.69, 9.17) is 23.8 Å². The van der Waals surface area contributed by atoms with Crippen LogP contribution in [-0.4, -0.2) is 15.0 Å². The van der Waals surface area contributed by atoms with E-state index in [-0.39, 0.29) is 0 Å². The summed E-state index contributed by atoms with van der Waals surface area (Å²) < 4.78 is 12.6. The van der Waals surface area contributed by atoms with Crippen molar-refractivity contribution in [3.05, 3.63) is 145 Å². The van der Waals surface area contributed by atoms with Gasteiger partial charge in [-0.3, -0.25) is 0 Å². The second kappa shape index (κ2) is 10.9. The van der Waals surface area contributed by atoms with Crippen molar-refractivity contribution in [1.29, 1.82) is 0 Å². The highest BCUT2D eigenvalue weighted by Gasteiger charge is 2.20. The predicted octanol–water partition coefficient (Wildman–Crippen LogP) is 11.5. The largest absolute Gasteiger partial charge is 0.460 e. The van der Waals surface area contributed by atoms with Crippen LogP contribution in [0.1, 0.15) is 18.2 Å². The maximum Gasteiger partial charge on any atom is 0.164 e. The number of nitrogens with zero attached hydrogens (tertiary/aromatic N) is 3. The molecule has 0 spiro atoms. The van der Waals surface area contributed by atoms with Crippen molar-refractivity contribution in [2.24, 2.45) is 5.92 Å². The van der Waals surface area contributed by atoms with E-state index < -0.39 is 0 Å². The molecule has 1 aliphatic carbocycles. The number of hydrogen-bond donors (Lipinski definition) is 0. The highest BCUT2D eigenvalue weighted by Crippen LogP contribution is 2.39. The first-order valence-electron chi connectivity index (χ1n) is 16.6. The van der Waals surface area contributed by atoms with E-state index in [0.29, 0.717) is 23.4 Å². The Bertz CT molecular complexity index is 2790. The van der Waals surface area contributed by atoms with E-state index in [1.54, 1.807) is 0 Å². The molecule has 1 unspecified atom stereocenters. The molecule has 0 saturated carbocycles. The van der Waals surface area contributed by atoms with Crippen LogP contribution in [0.4, 0.5) is 0 Å². The summed E-state index contributed by atoms with van der Waals surface area (Å²) in [5, 5.41) is 5.61. The van der Waals surface area contributed by atoms with Crippen LogP contribution in [0.3, 0.4) is 0 Å². The molecule has 0 amide bonds. The van der Waals surface area contributed by atoms with Gasteiger partial charge in [-0.05, 0) is 64.2 Å². The fraction of sp³-hybridized carbons (Fsp3) is 0.0682. The lowest BCUT2D eigenvalue weighted by atomic mass is 9.95. The third kappa shape index (κ3) is 4.66. The molecule has 9 aromatic rings. The molecule has 6 aromatic carbocycles. The summed E-state index contributed by atoms with van der Waals surface area (Å²) in [6.07, 6.45) is 5.34. The highest BCUT2D eigenvalue weighted by molar-refractivity contribution is 6.12. The van der Waals surface area contributed by atoms with Crippen LogP contribution >= 0.6 is 0 Å². The molecule has 0 N–H and O–H groups in total. The number of fused-ring (bicyclic) bond motifs is 7. The van der Waals surface area contributed by atoms with Crippen LogP contribution in [0.25, 0.3) is 95.0 Å². The lowest BCUT2D eigenvalue weighted by Crippen LogP contribution is -2.00. The summed E-state index contributed by atoms with van der Waals surface area (Å²) in [6.45, 7) is 2.21. The van der Waals surface area contributed by atoms with Crippen LogP contribution in [0.2, 0.25) is 0 Å². The number of rotatable bonds is 4. The second-order valence-electron chi connectivity index (χ2n) is 12.9. The van der Waals surface area contributed by atoms with E-state index in [1.165, 1.54) is 10.9 Å². The van der Waals surface area contributed by atoms with Crippen molar-refractivity contribution in [2.45, 2.75) is 13.3 Å². The van der Waals surface area contributed by atoms with Gasteiger partial charge in [-0.2, -0.15) is 0 Å². The fourth-order valence-corrected chi connectivity index (χ4v) is 7.19. The molecule has 49 heavy (non-hydrogen) atoms. The lowest BCUT2D eigenvalue weighted by molar-refractivity contribution is 0.513. The second-order valence-corrected chi connectivity index (χ2v) is 12.9. The summed E-state index contributed by atoms with van der Waals surface area (Å²) in [5.41, 5.74) is 8.64. The van der Waals surface area contributed by atoms with Gasteiger partial charge in [-0.15, -0.1) is 0 Å². The van der Waals surface area contributed by atoms with Crippen LogP contribution in [0.15, 0.2) is 142 Å². The number of benzene rings is 6. The highest BCUT2D eigenvalue weighted by atomic mass is 16.3. The van der Waals surface area contributed by atoms with Crippen LogP contribution in [0.5, 0.6) is 0 Å². The summed E-state index contributed by atoms with van der Waals surface area (Å²) in [6, 6.07) is 43.8. The third-order valence-electron chi connectivity index (χ3n) is 9.64. The van der Waals surface area contributed by atoms with Gasteiger partial charge >= 0.3 is 0 Å². The molecule has 10 rings (SSSR count). The Kier molecular flexibility index (Phi) is 6.15. The summed E-state index contributed by atoms with van der Waals surface area (Å²) >= 11 is 0. The van der Waals surface area contributed by atoms with E-state index in [9.17, 15) is 0 Å². The molecule has 1 atom stereocenters. The van der Waals surface area contributed by atoms with Crippen molar-refractivity contribution in [3.8, 4) is 45.3 Å². The molecule has 0 fully saturated rings. The Labute approximate surface area is 282 Å². The number of allylic oxidation sites excluding steroid dienone is 1. The molecule has 3 heterocycles. The van der Waals surface area contributed by atoms with Crippen molar-refractivity contribution in [3.63, 3.8) is 0 Å².